The highest BCUT2D eigenvalue weighted by molar-refractivity contribution is 5.69. The highest BCUT2D eigenvalue weighted by atomic mass is 16.5. The second-order valence-electron chi connectivity index (χ2n) is 3.55. The van der Waals surface area contributed by atoms with Gasteiger partial charge in [-0.25, -0.2) is 0 Å². The van der Waals surface area contributed by atoms with Gasteiger partial charge in [0.2, 0.25) is 0 Å². The molecule has 4 nitrogen and oxygen atoms in total. The lowest BCUT2D eigenvalue weighted by Gasteiger charge is -2.03. The average molecular weight is 221 g/mol. The van der Waals surface area contributed by atoms with E-state index in [1.807, 2.05) is 12.1 Å². The summed E-state index contributed by atoms with van der Waals surface area (Å²) in [5, 5.41) is 2.81. The third-order valence-electron chi connectivity index (χ3n) is 2.15. The summed E-state index contributed by atoms with van der Waals surface area (Å²) in [7, 11) is 0. The van der Waals surface area contributed by atoms with Gasteiger partial charge in [0, 0.05) is 6.92 Å². The highest BCUT2D eigenvalue weighted by Crippen LogP contribution is 2.14. The van der Waals surface area contributed by atoms with Gasteiger partial charge in [-0.05, 0) is 37.0 Å². The molecule has 1 aromatic carbocycles. The Kier molecular flexibility index (Phi) is 5.19. The standard InChI is InChI=1S/C12H15NO3/c1-10(14)16-12-7-5-11(6-8-12)4-2-3-9-13-15/h5-8H,2-4,9H2,1H3. The molecule has 1 aromatic rings. The molecule has 0 atom stereocenters. The van der Waals surface area contributed by atoms with Crippen molar-refractivity contribution in [2.75, 3.05) is 6.54 Å². The van der Waals surface area contributed by atoms with Crippen molar-refractivity contribution < 1.29 is 9.53 Å². The number of carbonyl (C=O) groups excluding carboxylic acids is 1. The smallest absolute Gasteiger partial charge is 0.308 e. The topological polar surface area (TPSA) is 55.7 Å². The Morgan fingerprint density at radius 3 is 2.50 bits per heavy atom. The van der Waals surface area contributed by atoms with Crippen LogP contribution in [0.4, 0.5) is 0 Å². The zero-order chi connectivity index (χ0) is 11.8. The van der Waals surface area contributed by atoms with Crippen LogP contribution in [0.2, 0.25) is 0 Å². The number of unbranched alkanes of at least 4 members (excludes halogenated alkanes) is 1. The van der Waals surface area contributed by atoms with E-state index >= 15 is 0 Å². The first-order chi connectivity index (χ1) is 7.72. The monoisotopic (exact) mass is 221 g/mol. The third kappa shape index (κ3) is 4.68. The molecule has 0 heterocycles. The lowest BCUT2D eigenvalue weighted by molar-refractivity contribution is -0.131. The quantitative estimate of drug-likeness (QED) is 0.321. The fourth-order valence-electron chi connectivity index (χ4n) is 1.40. The Balaban J connectivity index is 2.38. The fourth-order valence-corrected chi connectivity index (χ4v) is 1.40. The van der Waals surface area contributed by atoms with Crippen LogP contribution in [0.15, 0.2) is 29.4 Å². The van der Waals surface area contributed by atoms with Crippen molar-refractivity contribution in [3.8, 4) is 5.75 Å². The Labute approximate surface area is 94.6 Å². The summed E-state index contributed by atoms with van der Waals surface area (Å²) in [6, 6.07) is 7.39. The number of esters is 1. The summed E-state index contributed by atoms with van der Waals surface area (Å²) in [5.74, 6) is 0.246. The van der Waals surface area contributed by atoms with Crippen molar-refractivity contribution >= 4 is 5.97 Å². The molecular formula is C12H15NO3. The van der Waals surface area contributed by atoms with Gasteiger partial charge >= 0.3 is 5.97 Å². The normalized spacial score (nSPS) is 9.81. The minimum atomic E-state index is -0.315. The molecule has 0 saturated heterocycles. The van der Waals surface area contributed by atoms with Gasteiger partial charge in [0.25, 0.3) is 0 Å². The van der Waals surface area contributed by atoms with Gasteiger partial charge in [-0.2, -0.15) is 4.91 Å². The van der Waals surface area contributed by atoms with E-state index < -0.39 is 0 Å². The first-order valence-corrected chi connectivity index (χ1v) is 5.29. The molecular weight excluding hydrogens is 206 g/mol. The van der Waals surface area contributed by atoms with Crippen LogP contribution in [-0.2, 0) is 11.2 Å². The number of hydrogen-bond acceptors (Lipinski definition) is 4. The zero-order valence-corrected chi connectivity index (χ0v) is 9.31. The molecule has 0 spiro atoms. The number of ether oxygens (including phenoxy) is 1. The molecule has 1 rings (SSSR count). The number of benzene rings is 1. The van der Waals surface area contributed by atoms with Crippen molar-refractivity contribution in [2.45, 2.75) is 26.2 Å². The van der Waals surface area contributed by atoms with Gasteiger partial charge < -0.3 is 4.74 Å². The average Bonchev–Trinajstić information content (AvgIpc) is 2.26. The molecule has 0 aliphatic carbocycles. The molecule has 0 unspecified atom stereocenters. The maximum atomic E-state index is 10.7. The number of hydrogen-bond donors (Lipinski definition) is 0. The van der Waals surface area contributed by atoms with Crippen LogP contribution in [0.25, 0.3) is 0 Å². The van der Waals surface area contributed by atoms with Crippen molar-refractivity contribution in [3.63, 3.8) is 0 Å². The van der Waals surface area contributed by atoms with Crippen LogP contribution in [0.5, 0.6) is 5.75 Å². The molecule has 16 heavy (non-hydrogen) atoms. The molecule has 0 aromatic heterocycles. The van der Waals surface area contributed by atoms with Crippen molar-refractivity contribution in [1.29, 1.82) is 0 Å². The molecule has 0 bridgehead atoms. The highest BCUT2D eigenvalue weighted by Gasteiger charge is 1.98. The van der Waals surface area contributed by atoms with E-state index in [0.717, 1.165) is 19.3 Å². The van der Waals surface area contributed by atoms with Gasteiger partial charge in [-0.1, -0.05) is 17.3 Å². The Hall–Kier alpha value is -1.71. The van der Waals surface area contributed by atoms with Crippen molar-refractivity contribution in [1.82, 2.24) is 0 Å². The van der Waals surface area contributed by atoms with E-state index in [9.17, 15) is 9.70 Å². The van der Waals surface area contributed by atoms with Crippen LogP contribution in [0, 0.1) is 4.91 Å². The predicted molar refractivity (Wildman–Crippen MR) is 61.4 cm³/mol. The largest absolute Gasteiger partial charge is 0.427 e. The van der Waals surface area contributed by atoms with Gasteiger partial charge in [0.1, 0.15) is 5.75 Å². The van der Waals surface area contributed by atoms with Gasteiger partial charge in [-0.15, -0.1) is 0 Å². The van der Waals surface area contributed by atoms with Gasteiger partial charge in [-0.3, -0.25) is 4.79 Å². The van der Waals surface area contributed by atoms with Gasteiger partial charge in [0.05, 0.1) is 6.54 Å². The van der Waals surface area contributed by atoms with E-state index in [1.165, 1.54) is 12.5 Å². The van der Waals surface area contributed by atoms with E-state index in [0.29, 0.717) is 12.3 Å². The summed E-state index contributed by atoms with van der Waals surface area (Å²) < 4.78 is 4.92. The second kappa shape index (κ2) is 6.71. The lowest BCUT2D eigenvalue weighted by Crippen LogP contribution is -2.01. The molecule has 0 aliphatic heterocycles. The summed E-state index contributed by atoms with van der Waals surface area (Å²) in [6.45, 7) is 1.76. The van der Waals surface area contributed by atoms with E-state index in [2.05, 4.69) is 5.18 Å². The number of rotatable bonds is 6. The lowest BCUT2D eigenvalue weighted by atomic mass is 10.1. The molecule has 0 saturated carbocycles. The molecule has 0 radical (unpaired) electrons. The van der Waals surface area contributed by atoms with Gasteiger partial charge in [0.15, 0.2) is 0 Å². The summed E-state index contributed by atoms with van der Waals surface area (Å²) in [6.07, 6.45) is 2.67. The van der Waals surface area contributed by atoms with Crippen molar-refractivity contribution in [2.24, 2.45) is 5.18 Å². The van der Waals surface area contributed by atoms with E-state index in [-0.39, 0.29) is 5.97 Å². The Morgan fingerprint density at radius 2 is 1.94 bits per heavy atom. The van der Waals surface area contributed by atoms with Crippen LogP contribution >= 0.6 is 0 Å². The minimum Gasteiger partial charge on any atom is -0.427 e. The second-order valence-corrected chi connectivity index (χ2v) is 3.55. The summed E-state index contributed by atoms with van der Waals surface area (Å²) in [5.41, 5.74) is 1.17. The van der Waals surface area contributed by atoms with Crippen LogP contribution in [-0.4, -0.2) is 12.5 Å². The van der Waals surface area contributed by atoms with Crippen molar-refractivity contribution in [3.05, 3.63) is 34.7 Å². The van der Waals surface area contributed by atoms with Crippen LogP contribution in [0.3, 0.4) is 0 Å². The molecule has 4 heteroatoms. The summed E-state index contributed by atoms with van der Waals surface area (Å²) >= 11 is 0. The number of nitrogens with zero attached hydrogens (tertiary/aromatic N) is 1. The Bertz CT molecular complexity index is 346. The van der Waals surface area contributed by atoms with E-state index in [1.54, 1.807) is 12.1 Å². The molecule has 86 valence electrons. The van der Waals surface area contributed by atoms with Crippen LogP contribution in [0.1, 0.15) is 25.3 Å². The number of aryl methyl sites for hydroxylation is 1. The first kappa shape index (κ1) is 12.4. The maximum Gasteiger partial charge on any atom is 0.308 e. The molecule has 0 fully saturated rings. The number of carbonyl (C=O) groups is 1. The summed E-state index contributed by atoms with van der Waals surface area (Å²) in [4.78, 5) is 20.5. The minimum absolute atomic E-state index is 0.315. The SMILES string of the molecule is CC(=O)Oc1ccc(CCCCN=O)cc1. The van der Waals surface area contributed by atoms with Crippen LogP contribution < -0.4 is 4.74 Å². The Morgan fingerprint density at radius 1 is 1.25 bits per heavy atom. The third-order valence-corrected chi connectivity index (χ3v) is 2.15. The fraction of sp³-hybridized carbons (Fsp3) is 0.417. The zero-order valence-electron chi connectivity index (χ0n) is 9.31. The van der Waals surface area contributed by atoms with E-state index in [4.69, 9.17) is 4.74 Å². The predicted octanol–water partition coefficient (Wildman–Crippen LogP) is 2.70. The molecule has 0 aliphatic rings. The molecule has 0 N–H and O–H groups in total. The molecule has 0 amide bonds. The first-order valence-electron chi connectivity index (χ1n) is 5.29. The number of nitroso groups, excluding NO2 is 1. The maximum absolute atomic E-state index is 10.7.